The summed E-state index contributed by atoms with van der Waals surface area (Å²) in [6.45, 7) is 0.449. The quantitative estimate of drug-likeness (QED) is 0.817. The van der Waals surface area contributed by atoms with Crippen molar-refractivity contribution in [3.8, 4) is 5.75 Å². The van der Waals surface area contributed by atoms with Gasteiger partial charge in [0.15, 0.2) is 0 Å². The molecular formula is C18H19ClN2O4S. The molecule has 3 rings (SSSR count). The number of anilines is 1. The Hall–Kier alpha value is -2.09. The van der Waals surface area contributed by atoms with Crippen molar-refractivity contribution in [2.75, 3.05) is 18.6 Å². The lowest BCUT2D eigenvalue weighted by Gasteiger charge is -2.18. The molecule has 1 fully saturated rings. The summed E-state index contributed by atoms with van der Waals surface area (Å²) in [7, 11) is -2.12. The molecule has 1 heterocycles. The van der Waals surface area contributed by atoms with Crippen LogP contribution >= 0.6 is 11.6 Å². The largest absolute Gasteiger partial charge is 0.497 e. The third-order valence-electron chi connectivity index (χ3n) is 4.21. The maximum atomic E-state index is 12.6. The van der Waals surface area contributed by atoms with Crippen molar-refractivity contribution in [3.63, 3.8) is 0 Å². The van der Waals surface area contributed by atoms with Crippen molar-refractivity contribution in [2.45, 2.75) is 18.2 Å². The van der Waals surface area contributed by atoms with Crippen molar-refractivity contribution in [1.82, 2.24) is 4.72 Å². The van der Waals surface area contributed by atoms with E-state index in [0.29, 0.717) is 35.0 Å². The molecule has 2 aromatic rings. The van der Waals surface area contributed by atoms with Crippen molar-refractivity contribution < 1.29 is 17.9 Å². The predicted octanol–water partition coefficient (Wildman–Crippen LogP) is 2.57. The molecule has 1 N–H and O–H groups in total. The SMILES string of the molecule is COc1ccc(N2CCC(NS(=O)(=O)Cc3ccccc3Cl)C2=O)cc1. The third-order valence-corrected chi connectivity index (χ3v) is 5.92. The number of sulfonamides is 1. The number of nitrogens with one attached hydrogen (secondary N) is 1. The molecule has 0 saturated carbocycles. The minimum Gasteiger partial charge on any atom is -0.497 e. The third kappa shape index (κ3) is 4.17. The van der Waals surface area contributed by atoms with Crippen molar-refractivity contribution in [3.05, 3.63) is 59.1 Å². The Morgan fingerprint density at radius 1 is 1.19 bits per heavy atom. The molecule has 1 aliphatic rings. The van der Waals surface area contributed by atoms with E-state index in [1.807, 2.05) is 0 Å². The monoisotopic (exact) mass is 394 g/mol. The molecule has 0 radical (unpaired) electrons. The Balaban J connectivity index is 1.68. The lowest BCUT2D eigenvalue weighted by Crippen LogP contribution is -2.42. The highest BCUT2D eigenvalue weighted by molar-refractivity contribution is 7.88. The molecule has 1 amide bonds. The summed E-state index contributed by atoms with van der Waals surface area (Å²) in [5.41, 5.74) is 1.21. The molecule has 26 heavy (non-hydrogen) atoms. The number of nitrogens with zero attached hydrogens (tertiary/aromatic N) is 1. The zero-order valence-electron chi connectivity index (χ0n) is 14.2. The number of carbonyl (C=O) groups excluding carboxylic acids is 1. The number of hydrogen-bond acceptors (Lipinski definition) is 4. The Labute approximate surface area is 157 Å². The van der Waals surface area contributed by atoms with Crippen LogP contribution in [-0.4, -0.2) is 34.0 Å². The fourth-order valence-electron chi connectivity index (χ4n) is 2.89. The van der Waals surface area contributed by atoms with Gasteiger partial charge in [-0.15, -0.1) is 0 Å². The summed E-state index contributed by atoms with van der Waals surface area (Å²) in [4.78, 5) is 14.2. The van der Waals surface area contributed by atoms with Gasteiger partial charge in [-0.2, -0.15) is 0 Å². The molecule has 0 aromatic heterocycles. The Morgan fingerprint density at radius 2 is 1.88 bits per heavy atom. The molecular weight excluding hydrogens is 376 g/mol. The number of methoxy groups -OCH3 is 1. The molecule has 8 heteroatoms. The van der Waals surface area contributed by atoms with Crippen LogP contribution in [0.3, 0.4) is 0 Å². The maximum absolute atomic E-state index is 12.6. The minimum atomic E-state index is -3.69. The van der Waals surface area contributed by atoms with Gasteiger partial charge in [0.25, 0.3) is 0 Å². The average Bonchev–Trinajstić information content (AvgIpc) is 2.97. The average molecular weight is 395 g/mol. The van der Waals surface area contributed by atoms with Gasteiger partial charge in [0.2, 0.25) is 15.9 Å². The van der Waals surface area contributed by atoms with Gasteiger partial charge in [0, 0.05) is 17.3 Å². The van der Waals surface area contributed by atoms with Gasteiger partial charge in [-0.05, 0) is 42.3 Å². The van der Waals surface area contributed by atoms with Crippen LogP contribution in [0.25, 0.3) is 0 Å². The van der Waals surface area contributed by atoms with E-state index in [-0.39, 0.29) is 11.7 Å². The van der Waals surface area contributed by atoms with Crippen LogP contribution in [0.1, 0.15) is 12.0 Å². The van der Waals surface area contributed by atoms with Gasteiger partial charge >= 0.3 is 0 Å². The summed E-state index contributed by atoms with van der Waals surface area (Å²) in [5.74, 6) is 0.161. The number of hydrogen-bond donors (Lipinski definition) is 1. The summed E-state index contributed by atoms with van der Waals surface area (Å²) in [5, 5.41) is 0.385. The van der Waals surface area contributed by atoms with Crippen LogP contribution in [0.4, 0.5) is 5.69 Å². The van der Waals surface area contributed by atoms with Crippen LogP contribution in [0.15, 0.2) is 48.5 Å². The van der Waals surface area contributed by atoms with E-state index in [0.717, 1.165) is 0 Å². The minimum absolute atomic E-state index is 0.265. The van der Waals surface area contributed by atoms with Crippen molar-refractivity contribution in [2.24, 2.45) is 0 Å². The van der Waals surface area contributed by atoms with E-state index < -0.39 is 16.1 Å². The van der Waals surface area contributed by atoms with Gasteiger partial charge in [0.05, 0.1) is 12.9 Å². The second kappa shape index (κ2) is 7.65. The Kier molecular flexibility index (Phi) is 5.50. The number of amides is 1. The first-order valence-corrected chi connectivity index (χ1v) is 10.1. The van der Waals surface area contributed by atoms with Crippen molar-refractivity contribution >= 4 is 33.2 Å². The maximum Gasteiger partial charge on any atom is 0.245 e. The molecule has 138 valence electrons. The van der Waals surface area contributed by atoms with E-state index in [1.54, 1.807) is 60.5 Å². The fraction of sp³-hybridized carbons (Fsp3) is 0.278. The Bertz CT molecular complexity index is 900. The number of rotatable bonds is 6. The molecule has 6 nitrogen and oxygen atoms in total. The lowest BCUT2D eigenvalue weighted by molar-refractivity contribution is -0.118. The number of carbonyl (C=O) groups is 1. The highest BCUT2D eigenvalue weighted by Gasteiger charge is 2.35. The first kappa shape index (κ1) is 18.7. The molecule has 1 aliphatic heterocycles. The van der Waals surface area contributed by atoms with E-state index in [2.05, 4.69) is 4.72 Å². The number of halogens is 1. The van der Waals surface area contributed by atoms with Gasteiger partial charge in [-0.3, -0.25) is 4.79 Å². The normalized spacial score (nSPS) is 17.5. The molecule has 1 atom stereocenters. The van der Waals surface area contributed by atoms with Gasteiger partial charge in [-0.25, -0.2) is 13.1 Å². The van der Waals surface area contributed by atoms with Gasteiger partial charge in [-0.1, -0.05) is 29.8 Å². The standard InChI is InChI=1S/C18H19ClN2O4S/c1-25-15-8-6-14(7-9-15)21-11-10-17(18(21)22)20-26(23,24)12-13-4-2-3-5-16(13)19/h2-9,17,20H,10-12H2,1H3. The topological polar surface area (TPSA) is 75.7 Å². The van der Waals surface area contributed by atoms with Gasteiger partial charge < -0.3 is 9.64 Å². The van der Waals surface area contributed by atoms with Crippen molar-refractivity contribution in [1.29, 1.82) is 0 Å². The first-order valence-electron chi connectivity index (χ1n) is 8.08. The molecule has 0 aliphatic carbocycles. The predicted molar refractivity (Wildman–Crippen MR) is 101 cm³/mol. The zero-order chi connectivity index (χ0) is 18.7. The van der Waals surface area contributed by atoms with E-state index in [9.17, 15) is 13.2 Å². The fourth-order valence-corrected chi connectivity index (χ4v) is 4.56. The second-order valence-corrected chi connectivity index (χ2v) is 8.16. The van der Waals surface area contributed by atoms with E-state index in [1.165, 1.54) is 0 Å². The van der Waals surface area contributed by atoms with Crippen LogP contribution in [0.5, 0.6) is 5.75 Å². The Morgan fingerprint density at radius 3 is 2.54 bits per heavy atom. The number of ether oxygens (including phenoxy) is 1. The molecule has 0 bridgehead atoms. The smallest absolute Gasteiger partial charge is 0.245 e. The summed E-state index contributed by atoms with van der Waals surface area (Å²) in [6, 6.07) is 13.1. The summed E-state index contributed by atoms with van der Waals surface area (Å²) >= 11 is 6.03. The van der Waals surface area contributed by atoms with Crippen LogP contribution < -0.4 is 14.4 Å². The molecule has 1 saturated heterocycles. The highest BCUT2D eigenvalue weighted by Crippen LogP contribution is 2.25. The highest BCUT2D eigenvalue weighted by atomic mass is 35.5. The first-order chi connectivity index (χ1) is 12.4. The molecule has 1 unspecified atom stereocenters. The van der Waals surface area contributed by atoms with Crippen LogP contribution in [0, 0.1) is 0 Å². The number of benzene rings is 2. The zero-order valence-corrected chi connectivity index (χ0v) is 15.8. The van der Waals surface area contributed by atoms with E-state index >= 15 is 0 Å². The summed E-state index contributed by atoms with van der Waals surface area (Å²) < 4.78 is 32.5. The van der Waals surface area contributed by atoms with Crippen LogP contribution in [-0.2, 0) is 20.6 Å². The van der Waals surface area contributed by atoms with Gasteiger partial charge in [0.1, 0.15) is 11.8 Å². The molecule has 2 aromatic carbocycles. The second-order valence-electron chi connectivity index (χ2n) is 6.00. The lowest BCUT2D eigenvalue weighted by atomic mass is 10.2. The summed E-state index contributed by atoms with van der Waals surface area (Å²) in [6.07, 6.45) is 0.409. The van der Waals surface area contributed by atoms with Crippen LogP contribution in [0.2, 0.25) is 5.02 Å². The van der Waals surface area contributed by atoms with E-state index in [4.69, 9.17) is 16.3 Å². The molecule has 0 spiro atoms.